The van der Waals surface area contributed by atoms with Gasteiger partial charge in [0.15, 0.2) is 0 Å². The van der Waals surface area contributed by atoms with Gasteiger partial charge >= 0.3 is 0 Å². The molecular weight excluding hydrogens is 631 g/mol. The molecule has 9 rings (SSSR count). The number of hydrogen-bond donors (Lipinski definition) is 1. The van der Waals surface area contributed by atoms with Gasteiger partial charge in [-0.05, 0) is 104 Å². The molecule has 0 spiro atoms. The molecule has 7 aromatic carbocycles. The van der Waals surface area contributed by atoms with E-state index >= 15 is 0 Å². The van der Waals surface area contributed by atoms with Crippen LogP contribution >= 0.6 is 0 Å². The molecule has 1 aliphatic heterocycles. The van der Waals surface area contributed by atoms with E-state index in [0.717, 1.165) is 23.4 Å². The Morgan fingerprint density at radius 1 is 0.558 bits per heavy atom. The molecule has 0 amide bonds. The summed E-state index contributed by atoms with van der Waals surface area (Å²) in [7, 11) is 2.19. The number of aliphatic imine (C=N–C) groups is 1. The van der Waals surface area contributed by atoms with Gasteiger partial charge in [0, 0.05) is 5.56 Å². The molecule has 252 valence electrons. The van der Waals surface area contributed by atoms with Gasteiger partial charge < -0.3 is 5.32 Å². The highest BCUT2D eigenvalue weighted by atomic mass is 15.4. The number of fused-ring (bicyclic) bond motifs is 2. The van der Waals surface area contributed by atoms with Crippen molar-refractivity contribution >= 4 is 22.7 Å². The molecule has 0 fully saturated rings. The second-order valence-electron chi connectivity index (χ2n) is 14.2. The Hall–Kier alpha value is -6.03. The zero-order valence-electron chi connectivity index (χ0n) is 29.6. The monoisotopic (exact) mass is 671 g/mol. The summed E-state index contributed by atoms with van der Waals surface area (Å²) < 4.78 is 0. The maximum absolute atomic E-state index is 5.36. The van der Waals surface area contributed by atoms with Crippen LogP contribution < -0.4 is 5.32 Å². The van der Waals surface area contributed by atoms with E-state index in [1.54, 1.807) is 0 Å². The molecule has 0 radical (unpaired) electrons. The highest BCUT2D eigenvalue weighted by molar-refractivity contribution is 6.00. The van der Waals surface area contributed by atoms with Gasteiger partial charge in [-0.1, -0.05) is 165 Å². The van der Waals surface area contributed by atoms with Gasteiger partial charge in [0.2, 0.25) is 0 Å². The Bertz CT molecular complexity index is 2440. The van der Waals surface area contributed by atoms with Crippen LogP contribution in [0, 0.1) is 0 Å². The zero-order chi connectivity index (χ0) is 35.0. The summed E-state index contributed by atoms with van der Waals surface area (Å²) >= 11 is 0. The lowest BCUT2D eigenvalue weighted by Gasteiger charge is -2.40. The third-order valence-electron chi connectivity index (χ3n) is 10.8. The van der Waals surface area contributed by atoms with Crippen LogP contribution in [0.5, 0.6) is 0 Å². The van der Waals surface area contributed by atoms with Crippen molar-refractivity contribution in [1.29, 1.82) is 0 Å². The van der Waals surface area contributed by atoms with Crippen LogP contribution in [0.25, 0.3) is 50.2 Å². The van der Waals surface area contributed by atoms with Gasteiger partial charge in [-0.2, -0.15) is 0 Å². The molecule has 0 aromatic heterocycles. The van der Waals surface area contributed by atoms with Crippen molar-refractivity contribution < 1.29 is 0 Å². The lowest BCUT2D eigenvalue weighted by Crippen LogP contribution is -2.46. The summed E-state index contributed by atoms with van der Waals surface area (Å²) in [5, 5.41) is 6.37. The molecule has 0 bridgehead atoms. The fourth-order valence-electron chi connectivity index (χ4n) is 7.92. The van der Waals surface area contributed by atoms with E-state index < -0.39 is 0 Å². The highest BCUT2D eigenvalue weighted by Crippen LogP contribution is 2.41. The Labute approximate surface area is 306 Å². The maximum Gasteiger partial charge on any atom is 0.132 e. The van der Waals surface area contributed by atoms with Gasteiger partial charge in [0.05, 0.1) is 0 Å². The Morgan fingerprint density at radius 2 is 1.17 bits per heavy atom. The minimum atomic E-state index is -0.190. The first-order chi connectivity index (χ1) is 25.6. The van der Waals surface area contributed by atoms with Gasteiger partial charge in [0.1, 0.15) is 18.2 Å². The number of hydrogen-bond acceptors (Lipinski definition) is 3. The summed E-state index contributed by atoms with van der Waals surface area (Å²) in [6.07, 6.45) is 5.36. The van der Waals surface area contributed by atoms with Crippen LogP contribution in [0.15, 0.2) is 175 Å². The average molecular weight is 672 g/mol. The van der Waals surface area contributed by atoms with Crippen LogP contribution in [-0.4, -0.2) is 17.8 Å². The number of amidine groups is 1. The van der Waals surface area contributed by atoms with Gasteiger partial charge in [-0.25, -0.2) is 4.99 Å². The average Bonchev–Trinajstić information content (AvgIpc) is 3.21. The molecule has 3 unspecified atom stereocenters. The summed E-state index contributed by atoms with van der Waals surface area (Å²) in [6.45, 7) is 2.32. The quantitative estimate of drug-likeness (QED) is 0.191. The van der Waals surface area contributed by atoms with Crippen LogP contribution in [0.3, 0.4) is 0 Å². The van der Waals surface area contributed by atoms with Crippen molar-refractivity contribution in [3.8, 4) is 33.4 Å². The first-order valence-corrected chi connectivity index (χ1v) is 18.3. The summed E-state index contributed by atoms with van der Waals surface area (Å²) in [6, 6.07) is 59.5. The fourth-order valence-corrected chi connectivity index (χ4v) is 7.92. The van der Waals surface area contributed by atoms with Crippen LogP contribution in [0.2, 0.25) is 0 Å². The number of benzene rings is 7. The number of nitrogens with zero attached hydrogens (tertiary/aromatic N) is 2. The molecule has 0 saturated carbocycles. The fraction of sp³-hybridized carbons (Fsp3) is 0.122. The van der Waals surface area contributed by atoms with Crippen molar-refractivity contribution in [2.45, 2.75) is 31.6 Å². The molecule has 1 aliphatic carbocycles. The first kappa shape index (κ1) is 31.9. The molecule has 1 heterocycles. The lowest BCUT2D eigenvalue weighted by atomic mass is 9.86. The third kappa shape index (κ3) is 6.04. The van der Waals surface area contributed by atoms with Gasteiger partial charge in [-0.15, -0.1) is 0 Å². The Morgan fingerprint density at radius 3 is 1.94 bits per heavy atom. The van der Waals surface area contributed by atoms with E-state index in [0.29, 0.717) is 5.92 Å². The van der Waals surface area contributed by atoms with Crippen LogP contribution in [0.1, 0.15) is 59.4 Å². The second kappa shape index (κ2) is 13.6. The predicted molar refractivity (Wildman–Crippen MR) is 218 cm³/mol. The molecule has 2 aliphatic rings. The van der Waals surface area contributed by atoms with Crippen molar-refractivity contribution in [2.24, 2.45) is 4.99 Å². The number of allylic oxidation sites excluding steroid dienone is 1. The Balaban J connectivity index is 1.17. The van der Waals surface area contributed by atoms with Crippen molar-refractivity contribution in [2.75, 3.05) is 7.05 Å². The number of rotatable bonds is 6. The van der Waals surface area contributed by atoms with E-state index in [1.807, 2.05) is 0 Å². The van der Waals surface area contributed by atoms with Crippen LogP contribution in [-0.2, 0) is 0 Å². The molecule has 3 nitrogen and oxygen atoms in total. The van der Waals surface area contributed by atoms with Crippen molar-refractivity contribution in [3.05, 3.63) is 198 Å². The topological polar surface area (TPSA) is 27.6 Å². The van der Waals surface area contributed by atoms with E-state index in [1.165, 1.54) is 60.8 Å². The predicted octanol–water partition coefficient (Wildman–Crippen LogP) is 12.0. The maximum atomic E-state index is 5.36. The molecule has 7 aromatic rings. The van der Waals surface area contributed by atoms with Crippen molar-refractivity contribution in [3.63, 3.8) is 0 Å². The standard InChI is InChI=1S/C49H41N3/c1-33-12-11-19-42-31-40(26-28-44(33)42)41-27-29-45(46(32-41)43-25-22-35-15-9-10-18-39(35)30-43)49-51-47(37-16-7-4-8-17-37)50-48(52(49)2)38-23-20-36(21-24-38)34-13-5-3-6-14-34/h3-11,13-33,48-49H,12H2,1-2H3,(H,50,51). The minimum absolute atomic E-state index is 0.144. The Kier molecular flexibility index (Phi) is 8.34. The minimum Gasteiger partial charge on any atom is -0.350 e. The van der Waals surface area contributed by atoms with Crippen molar-refractivity contribution in [1.82, 2.24) is 10.2 Å². The molecule has 52 heavy (non-hydrogen) atoms. The van der Waals surface area contributed by atoms with E-state index in [4.69, 9.17) is 4.99 Å². The number of nitrogens with one attached hydrogen (secondary N) is 1. The third-order valence-corrected chi connectivity index (χ3v) is 10.8. The summed E-state index contributed by atoms with van der Waals surface area (Å²) in [4.78, 5) is 7.73. The zero-order valence-corrected chi connectivity index (χ0v) is 29.6. The van der Waals surface area contributed by atoms with E-state index in [2.05, 4.69) is 200 Å². The van der Waals surface area contributed by atoms with Gasteiger partial charge in [-0.3, -0.25) is 4.90 Å². The molecule has 0 saturated heterocycles. The molecule has 3 atom stereocenters. The highest BCUT2D eigenvalue weighted by Gasteiger charge is 2.33. The molecular formula is C49H41N3. The lowest BCUT2D eigenvalue weighted by molar-refractivity contribution is 0.152. The van der Waals surface area contributed by atoms with Crippen LogP contribution in [0.4, 0.5) is 0 Å². The largest absolute Gasteiger partial charge is 0.350 e. The first-order valence-electron chi connectivity index (χ1n) is 18.3. The second-order valence-corrected chi connectivity index (χ2v) is 14.2. The molecule has 1 N–H and O–H groups in total. The smallest absolute Gasteiger partial charge is 0.132 e. The van der Waals surface area contributed by atoms with E-state index in [-0.39, 0.29) is 12.3 Å². The SMILES string of the molecule is CC1CC=Cc2cc(-c3ccc(C4NC(c5ccccc5)=NC(c5ccc(-c6ccccc6)cc5)N4C)c(-c4ccc5ccccc5c4)c3)ccc21. The van der Waals surface area contributed by atoms with E-state index in [9.17, 15) is 0 Å². The summed E-state index contributed by atoms with van der Waals surface area (Å²) in [5.74, 6) is 1.44. The normalized spacial score (nSPS) is 18.4. The molecule has 3 heteroatoms. The van der Waals surface area contributed by atoms with Gasteiger partial charge in [0.25, 0.3) is 0 Å². The summed E-state index contributed by atoms with van der Waals surface area (Å²) in [5.41, 5.74) is 13.5.